The smallest absolute Gasteiger partial charge is 0.297 e. The summed E-state index contributed by atoms with van der Waals surface area (Å²) in [4.78, 5) is 25.8. The summed E-state index contributed by atoms with van der Waals surface area (Å²) in [5.74, 6) is 1.74. The number of carbonyl (C=O) groups excluding carboxylic acids is 1. The van der Waals surface area contributed by atoms with Gasteiger partial charge < -0.3 is 24.1 Å². The van der Waals surface area contributed by atoms with E-state index < -0.39 is 5.60 Å². The molecule has 8 heteroatoms. The second kappa shape index (κ2) is 7.33. The molecule has 2 unspecified atom stereocenters. The number of hydrogen-bond acceptors (Lipinski definition) is 7. The number of pyridine rings is 1. The Morgan fingerprint density at radius 2 is 2.00 bits per heavy atom. The molecule has 156 valence electrons. The molecule has 0 radical (unpaired) electrons. The van der Waals surface area contributed by atoms with Crippen LogP contribution in [0.1, 0.15) is 42.6 Å². The van der Waals surface area contributed by atoms with Gasteiger partial charge in [-0.05, 0) is 39.8 Å². The minimum atomic E-state index is -1.04. The van der Waals surface area contributed by atoms with Gasteiger partial charge in [-0.3, -0.25) is 4.79 Å². The monoisotopic (exact) mass is 400 g/mol. The van der Waals surface area contributed by atoms with Gasteiger partial charge in [0.05, 0.1) is 6.61 Å². The average molecular weight is 400 g/mol. The van der Waals surface area contributed by atoms with E-state index in [1.54, 1.807) is 32.2 Å². The summed E-state index contributed by atoms with van der Waals surface area (Å²) in [6, 6.07) is 4.09. The van der Waals surface area contributed by atoms with Crippen molar-refractivity contribution in [3.63, 3.8) is 0 Å². The first-order valence-corrected chi connectivity index (χ1v) is 10.1. The van der Waals surface area contributed by atoms with Crippen molar-refractivity contribution in [2.45, 2.75) is 33.3 Å². The Balaban J connectivity index is 1.44. The number of rotatable bonds is 5. The lowest BCUT2D eigenvalue weighted by atomic mass is 10.0. The number of amides is 1. The lowest BCUT2D eigenvalue weighted by Gasteiger charge is -2.21. The molecule has 4 heterocycles. The normalized spacial score (nSPS) is 21.6. The van der Waals surface area contributed by atoms with E-state index in [0.717, 1.165) is 13.1 Å². The number of carbonyl (C=O) groups is 1. The summed E-state index contributed by atoms with van der Waals surface area (Å²) in [7, 11) is 0. The molecule has 29 heavy (non-hydrogen) atoms. The molecular formula is C21H28N4O4. The summed E-state index contributed by atoms with van der Waals surface area (Å²) < 4.78 is 11.3. The van der Waals surface area contributed by atoms with Crippen LogP contribution >= 0.6 is 0 Å². The second-order valence-electron chi connectivity index (χ2n) is 8.38. The number of hydrogen-bond donors (Lipinski definition) is 1. The van der Waals surface area contributed by atoms with Gasteiger partial charge in [0.15, 0.2) is 0 Å². The maximum atomic E-state index is 13.0. The number of anilines is 1. The number of nitrogens with zero attached hydrogens (tertiary/aromatic N) is 4. The van der Waals surface area contributed by atoms with Crippen molar-refractivity contribution in [3.8, 4) is 5.88 Å². The lowest BCUT2D eigenvalue weighted by Crippen LogP contribution is -2.33. The number of aryl methyl sites for hydroxylation is 1. The van der Waals surface area contributed by atoms with E-state index >= 15 is 0 Å². The molecule has 2 aliphatic heterocycles. The van der Waals surface area contributed by atoms with Crippen LogP contribution < -0.4 is 9.64 Å². The van der Waals surface area contributed by atoms with Gasteiger partial charge in [-0.25, -0.2) is 4.98 Å². The first-order chi connectivity index (χ1) is 13.8. The molecule has 0 spiro atoms. The first kappa shape index (κ1) is 19.7. The Morgan fingerprint density at radius 3 is 2.59 bits per heavy atom. The van der Waals surface area contributed by atoms with Crippen molar-refractivity contribution in [1.29, 1.82) is 0 Å². The minimum absolute atomic E-state index is 0.0289. The molecule has 0 aliphatic carbocycles. The van der Waals surface area contributed by atoms with Crippen LogP contribution in [0.2, 0.25) is 0 Å². The van der Waals surface area contributed by atoms with Gasteiger partial charge in [-0.2, -0.15) is 4.98 Å². The molecule has 0 aromatic carbocycles. The molecule has 8 nitrogen and oxygen atoms in total. The zero-order valence-electron chi connectivity index (χ0n) is 17.4. The fourth-order valence-electron chi connectivity index (χ4n) is 4.38. The van der Waals surface area contributed by atoms with E-state index in [-0.39, 0.29) is 5.91 Å². The Labute approximate surface area is 170 Å². The maximum absolute atomic E-state index is 13.0. The van der Waals surface area contributed by atoms with Crippen LogP contribution in [0.4, 0.5) is 6.01 Å². The molecule has 2 saturated heterocycles. The van der Waals surface area contributed by atoms with Gasteiger partial charge in [-0.1, -0.05) is 0 Å². The van der Waals surface area contributed by atoms with E-state index in [9.17, 15) is 9.90 Å². The topological polar surface area (TPSA) is 91.9 Å². The van der Waals surface area contributed by atoms with E-state index in [4.69, 9.17) is 9.15 Å². The van der Waals surface area contributed by atoms with Crippen LogP contribution in [0, 0.1) is 18.8 Å². The van der Waals surface area contributed by atoms with Gasteiger partial charge in [0.25, 0.3) is 11.9 Å². The van der Waals surface area contributed by atoms with Crippen molar-refractivity contribution in [1.82, 2.24) is 14.9 Å². The quantitative estimate of drug-likeness (QED) is 0.823. The number of aliphatic hydroxyl groups is 1. The van der Waals surface area contributed by atoms with Crippen molar-refractivity contribution in [2.75, 3.05) is 37.7 Å². The van der Waals surface area contributed by atoms with Gasteiger partial charge in [0.2, 0.25) is 5.88 Å². The summed E-state index contributed by atoms with van der Waals surface area (Å²) in [5, 5.41) is 10.3. The molecule has 2 aliphatic rings. The summed E-state index contributed by atoms with van der Waals surface area (Å²) in [5.41, 5.74) is 0.0535. The highest BCUT2D eigenvalue weighted by molar-refractivity contribution is 5.96. The number of ether oxygens (including phenoxy) is 1. The highest BCUT2D eigenvalue weighted by Gasteiger charge is 2.43. The predicted molar refractivity (Wildman–Crippen MR) is 107 cm³/mol. The number of fused-ring (bicyclic) bond motifs is 1. The zero-order chi connectivity index (χ0) is 20.8. The third-order valence-electron chi connectivity index (χ3n) is 5.69. The molecule has 1 amide bonds. The Bertz CT molecular complexity index is 890. The van der Waals surface area contributed by atoms with E-state index in [1.165, 1.54) is 0 Å². The third-order valence-corrected chi connectivity index (χ3v) is 5.69. The van der Waals surface area contributed by atoms with Crippen LogP contribution in [0.25, 0.3) is 0 Å². The van der Waals surface area contributed by atoms with Gasteiger partial charge in [0, 0.05) is 44.2 Å². The fraction of sp³-hybridized carbons (Fsp3) is 0.571. The Kier molecular flexibility index (Phi) is 4.98. The number of likely N-dealkylation sites (tertiary alicyclic amines) is 1. The molecule has 2 fully saturated rings. The van der Waals surface area contributed by atoms with Gasteiger partial charge in [-0.15, -0.1) is 0 Å². The summed E-state index contributed by atoms with van der Waals surface area (Å²) in [6.45, 7) is 10.5. The number of oxazole rings is 1. The zero-order valence-corrected chi connectivity index (χ0v) is 17.4. The van der Waals surface area contributed by atoms with Gasteiger partial charge in [0.1, 0.15) is 22.6 Å². The van der Waals surface area contributed by atoms with Crippen molar-refractivity contribution < 1.29 is 19.1 Å². The molecule has 2 aromatic heterocycles. The highest BCUT2D eigenvalue weighted by Crippen LogP contribution is 2.36. The predicted octanol–water partition coefficient (Wildman–Crippen LogP) is 2.21. The fourth-order valence-corrected chi connectivity index (χ4v) is 4.38. The van der Waals surface area contributed by atoms with Crippen molar-refractivity contribution in [3.05, 3.63) is 35.3 Å². The van der Waals surface area contributed by atoms with Gasteiger partial charge >= 0.3 is 0 Å². The van der Waals surface area contributed by atoms with Crippen LogP contribution in [0.15, 0.2) is 22.7 Å². The average Bonchev–Trinajstić information content (AvgIpc) is 3.33. The largest absolute Gasteiger partial charge is 0.477 e. The molecule has 2 atom stereocenters. The van der Waals surface area contributed by atoms with E-state index in [2.05, 4.69) is 14.9 Å². The van der Waals surface area contributed by atoms with E-state index in [0.29, 0.717) is 60.4 Å². The minimum Gasteiger partial charge on any atom is -0.477 e. The highest BCUT2D eigenvalue weighted by atomic mass is 16.5. The molecule has 4 rings (SSSR count). The molecule has 2 aromatic rings. The third kappa shape index (κ3) is 3.69. The van der Waals surface area contributed by atoms with Crippen molar-refractivity contribution in [2.24, 2.45) is 11.8 Å². The van der Waals surface area contributed by atoms with E-state index in [1.807, 2.05) is 18.7 Å². The SMILES string of the molecule is CCOc1ncccc1C(=O)N1CC2CN(c3nc(C(C)(C)O)c(C)o3)CC2C1. The number of aromatic nitrogens is 2. The molecule has 0 saturated carbocycles. The molecule has 1 N–H and O–H groups in total. The summed E-state index contributed by atoms with van der Waals surface area (Å²) in [6.07, 6.45) is 1.64. The van der Waals surface area contributed by atoms with Crippen LogP contribution in [0.5, 0.6) is 5.88 Å². The van der Waals surface area contributed by atoms with Crippen LogP contribution in [0.3, 0.4) is 0 Å². The second-order valence-corrected chi connectivity index (χ2v) is 8.38. The first-order valence-electron chi connectivity index (χ1n) is 10.1. The molecule has 0 bridgehead atoms. The Morgan fingerprint density at radius 1 is 1.31 bits per heavy atom. The maximum Gasteiger partial charge on any atom is 0.297 e. The Hall–Kier alpha value is -2.61. The standard InChI is InChI=1S/C21H28N4O4/c1-5-28-18-16(7-6-8-22-18)19(26)24-9-14-11-25(12-15(14)10-24)20-23-17(13(2)29-20)21(3,4)27/h6-8,14-15,27H,5,9-12H2,1-4H3. The lowest BCUT2D eigenvalue weighted by molar-refractivity contribution is 0.0727. The molecular weight excluding hydrogens is 372 g/mol. The summed E-state index contributed by atoms with van der Waals surface area (Å²) >= 11 is 0. The van der Waals surface area contributed by atoms with Crippen molar-refractivity contribution >= 4 is 11.9 Å². The van der Waals surface area contributed by atoms with Crippen LogP contribution in [-0.2, 0) is 5.60 Å². The van der Waals surface area contributed by atoms with Crippen LogP contribution in [-0.4, -0.2) is 58.7 Å².